The fraction of sp³-hybridized carbons (Fsp3) is 0.833. The molecule has 2 nitrogen and oxygen atoms in total. The minimum absolute atomic E-state index is 0.330. The quantitative estimate of drug-likeness (QED) is 0.611. The van der Waals surface area contributed by atoms with Gasteiger partial charge < -0.3 is 9.47 Å². The molecule has 0 saturated heterocycles. The van der Waals surface area contributed by atoms with Crippen LogP contribution < -0.4 is 0 Å². The predicted molar refractivity (Wildman–Crippen MR) is 58.4 cm³/mol. The van der Waals surface area contributed by atoms with Crippen LogP contribution in [-0.4, -0.2) is 25.4 Å². The lowest BCUT2D eigenvalue weighted by Crippen LogP contribution is -2.22. The van der Waals surface area contributed by atoms with Crippen molar-refractivity contribution in [1.29, 1.82) is 0 Å². The zero-order chi connectivity index (χ0) is 10.2. The molecule has 0 amide bonds. The van der Waals surface area contributed by atoms with Crippen molar-refractivity contribution >= 4 is 0 Å². The van der Waals surface area contributed by atoms with Gasteiger partial charge in [0, 0.05) is 13.2 Å². The Morgan fingerprint density at radius 1 is 0.929 bits per heavy atom. The molecule has 2 heteroatoms. The zero-order valence-electron chi connectivity index (χ0n) is 9.37. The second kappa shape index (κ2) is 7.02. The van der Waals surface area contributed by atoms with Gasteiger partial charge in [-0.15, -0.1) is 0 Å². The summed E-state index contributed by atoms with van der Waals surface area (Å²) in [6.45, 7) is 6.02. The Hall–Kier alpha value is -0.340. The van der Waals surface area contributed by atoms with Crippen LogP contribution >= 0.6 is 0 Å². The van der Waals surface area contributed by atoms with Gasteiger partial charge in [-0.3, -0.25) is 0 Å². The van der Waals surface area contributed by atoms with Crippen molar-refractivity contribution < 1.29 is 9.47 Å². The first-order valence-corrected chi connectivity index (χ1v) is 5.78. The molecule has 0 spiro atoms. The Morgan fingerprint density at radius 2 is 1.36 bits per heavy atom. The lowest BCUT2D eigenvalue weighted by atomic mass is 10.0. The number of ether oxygens (including phenoxy) is 2. The van der Waals surface area contributed by atoms with Crippen LogP contribution in [0.2, 0.25) is 0 Å². The van der Waals surface area contributed by atoms with E-state index in [1.807, 2.05) is 0 Å². The Morgan fingerprint density at radius 3 is 1.64 bits per heavy atom. The molecule has 14 heavy (non-hydrogen) atoms. The molecule has 0 radical (unpaired) electrons. The van der Waals surface area contributed by atoms with Gasteiger partial charge >= 0.3 is 0 Å². The molecular weight excluding hydrogens is 176 g/mol. The van der Waals surface area contributed by atoms with Gasteiger partial charge in [-0.2, -0.15) is 0 Å². The van der Waals surface area contributed by atoms with E-state index in [1.54, 1.807) is 0 Å². The van der Waals surface area contributed by atoms with Gasteiger partial charge in [0.2, 0.25) is 0 Å². The highest BCUT2D eigenvalue weighted by Crippen LogP contribution is 2.17. The molecular formula is C12H22O2. The summed E-state index contributed by atoms with van der Waals surface area (Å²) in [4.78, 5) is 0. The number of hydrogen-bond acceptors (Lipinski definition) is 2. The summed E-state index contributed by atoms with van der Waals surface area (Å²) >= 11 is 0. The smallest absolute Gasteiger partial charge is 0.0757 e. The molecule has 0 aromatic heterocycles. The van der Waals surface area contributed by atoms with Gasteiger partial charge in [0.05, 0.1) is 12.2 Å². The molecule has 0 saturated carbocycles. The molecule has 1 rings (SSSR count). The van der Waals surface area contributed by atoms with E-state index in [1.165, 1.54) is 0 Å². The third-order valence-electron chi connectivity index (χ3n) is 2.35. The Kier molecular flexibility index (Phi) is 5.88. The zero-order valence-corrected chi connectivity index (χ0v) is 9.37. The van der Waals surface area contributed by atoms with Gasteiger partial charge in [0.15, 0.2) is 0 Å². The SMILES string of the molecule is CCCO[C@@H]1C=C[C@@H](OCCC)CC1. The van der Waals surface area contributed by atoms with Crippen LogP contribution in [0.25, 0.3) is 0 Å². The first-order valence-electron chi connectivity index (χ1n) is 5.78. The minimum Gasteiger partial charge on any atom is -0.374 e. The molecule has 0 fully saturated rings. The summed E-state index contributed by atoms with van der Waals surface area (Å²) in [5.74, 6) is 0. The summed E-state index contributed by atoms with van der Waals surface area (Å²) < 4.78 is 11.3. The second-order valence-electron chi connectivity index (χ2n) is 3.78. The van der Waals surface area contributed by atoms with Crippen LogP contribution in [0.5, 0.6) is 0 Å². The van der Waals surface area contributed by atoms with E-state index in [9.17, 15) is 0 Å². The summed E-state index contributed by atoms with van der Waals surface area (Å²) in [5, 5.41) is 0. The number of hydrogen-bond donors (Lipinski definition) is 0. The molecule has 0 aromatic carbocycles. The van der Waals surface area contributed by atoms with E-state index in [4.69, 9.17) is 9.47 Å². The normalized spacial score (nSPS) is 26.7. The average Bonchev–Trinajstić information content (AvgIpc) is 2.25. The fourth-order valence-corrected chi connectivity index (χ4v) is 1.59. The number of rotatable bonds is 6. The van der Waals surface area contributed by atoms with Crippen molar-refractivity contribution in [3.63, 3.8) is 0 Å². The molecule has 2 atom stereocenters. The van der Waals surface area contributed by atoms with Crippen molar-refractivity contribution in [3.05, 3.63) is 12.2 Å². The second-order valence-corrected chi connectivity index (χ2v) is 3.78. The maximum atomic E-state index is 5.64. The molecule has 82 valence electrons. The highest BCUT2D eigenvalue weighted by molar-refractivity contribution is 5.00. The molecule has 0 aromatic rings. The van der Waals surface area contributed by atoms with Crippen LogP contribution in [0.4, 0.5) is 0 Å². The van der Waals surface area contributed by atoms with E-state index in [2.05, 4.69) is 26.0 Å². The van der Waals surface area contributed by atoms with Crippen LogP contribution in [0.1, 0.15) is 39.5 Å². The molecule has 0 bridgehead atoms. The lowest BCUT2D eigenvalue weighted by Gasteiger charge is -2.23. The van der Waals surface area contributed by atoms with Gasteiger partial charge in [-0.1, -0.05) is 26.0 Å². The third kappa shape index (κ3) is 4.25. The third-order valence-corrected chi connectivity index (χ3v) is 2.35. The monoisotopic (exact) mass is 198 g/mol. The maximum absolute atomic E-state index is 5.64. The summed E-state index contributed by atoms with van der Waals surface area (Å²) in [7, 11) is 0. The standard InChI is InChI=1S/C12H22O2/c1-3-9-13-11-5-7-12(8-6-11)14-10-4-2/h5,7,11-12H,3-4,6,8-10H2,1-2H3/t11-,12-/m1/s1. The van der Waals surface area contributed by atoms with Crippen molar-refractivity contribution in [3.8, 4) is 0 Å². The van der Waals surface area contributed by atoms with Gasteiger partial charge in [0.1, 0.15) is 0 Å². The van der Waals surface area contributed by atoms with E-state index in [0.29, 0.717) is 12.2 Å². The van der Waals surface area contributed by atoms with Crippen molar-refractivity contribution in [2.24, 2.45) is 0 Å². The lowest BCUT2D eigenvalue weighted by molar-refractivity contribution is 0.0345. The molecule has 0 heterocycles. The summed E-state index contributed by atoms with van der Waals surface area (Å²) in [6.07, 6.45) is 9.36. The van der Waals surface area contributed by atoms with Gasteiger partial charge in [0.25, 0.3) is 0 Å². The van der Waals surface area contributed by atoms with Crippen molar-refractivity contribution in [1.82, 2.24) is 0 Å². The first-order chi connectivity index (χ1) is 6.86. The van der Waals surface area contributed by atoms with Crippen LogP contribution in [0.15, 0.2) is 12.2 Å². The van der Waals surface area contributed by atoms with E-state index >= 15 is 0 Å². The Labute approximate surface area is 87.3 Å². The van der Waals surface area contributed by atoms with Crippen LogP contribution in [-0.2, 0) is 9.47 Å². The maximum Gasteiger partial charge on any atom is 0.0757 e. The highest BCUT2D eigenvalue weighted by atomic mass is 16.5. The first kappa shape index (κ1) is 11.7. The summed E-state index contributed by atoms with van der Waals surface area (Å²) in [5.41, 5.74) is 0. The molecule has 1 aliphatic rings. The van der Waals surface area contributed by atoms with Crippen LogP contribution in [0, 0.1) is 0 Å². The summed E-state index contributed by atoms with van der Waals surface area (Å²) in [6, 6.07) is 0. The van der Waals surface area contributed by atoms with Gasteiger partial charge in [-0.05, 0) is 25.7 Å². The largest absolute Gasteiger partial charge is 0.374 e. The van der Waals surface area contributed by atoms with E-state index in [0.717, 1.165) is 38.9 Å². The molecule has 1 aliphatic carbocycles. The highest BCUT2D eigenvalue weighted by Gasteiger charge is 2.15. The average molecular weight is 198 g/mol. The van der Waals surface area contributed by atoms with Crippen LogP contribution in [0.3, 0.4) is 0 Å². The molecule has 0 unspecified atom stereocenters. The topological polar surface area (TPSA) is 18.5 Å². The molecule has 0 N–H and O–H groups in total. The predicted octanol–water partition coefficient (Wildman–Crippen LogP) is 2.93. The molecule has 0 aliphatic heterocycles. The van der Waals surface area contributed by atoms with Crippen molar-refractivity contribution in [2.75, 3.05) is 13.2 Å². The fourth-order valence-electron chi connectivity index (χ4n) is 1.59. The van der Waals surface area contributed by atoms with E-state index in [-0.39, 0.29) is 0 Å². The van der Waals surface area contributed by atoms with Gasteiger partial charge in [-0.25, -0.2) is 0 Å². The minimum atomic E-state index is 0.330. The van der Waals surface area contributed by atoms with Crippen molar-refractivity contribution in [2.45, 2.75) is 51.7 Å². The Balaban J connectivity index is 2.18. The van der Waals surface area contributed by atoms with E-state index < -0.39 is 0 Å². The Bertz CT molecular complexity index is 148.